The number of carbonyl (C=O) groups excluding carboxylic acids is 1. The van der Waals surface area contributed by atoms with Crippen LogP contribution in [0.1, 0.15) is 48.5 Å². The van der Waals surface area contributed by atoms with Gasteiger partial charge < -0.3 is 0 Å². The van der Waals surface area contributed by atoms with Gasteiger partial charge in [-0.15, -0.1) is 11.3 Å². The summed E-state index contributed by atoms with van der Waals surface area (Å²) in [4.78, 5) is 12.9. The molecule has 0 saturated heterocycles. The molecule has 0 N–H and O–H groups in total. The van der Waals surface area contributed by atoms with E-state index in [2.05, 4.69) is 18.4 Å². The fourth-order valence-corrected chi connectivity index (χ4v) is 3.07. The highest BCUT2D eigenvalue weighted by Gasteiger charge is 2.20. The van der Waals surface area contributed by atoms with Crippen molar-refractivity contribution in [3.8, 4) is 0 Å². The molecule has 1 saturated carbocycles. The lowest BCUT2D eigenvalue weighted by Gasteiger charge is -2.12. The molecule has 1 aromatic heterocycles. The molecule has 1 aliphatic rings. The minimum Gasteiger partial charge on any atom is -0.300 e. The van der Waals surface area contributed by atoms with Crippen molar-refractivity contribution in [1.82, 2.24) is 0 Å². The topological polar surface area (TPSA) is 17.1 Å². The van der Waals surface area contributed by atoms with Crippen LogP contribution in [0.3, 0.4) is 0 Å². The Kier molecular flexibility index (Phi) is 3.02. The van der Waals surface area contributed by atoms with Crippen LogP contribution in [-0.4, -0.2) is 5.78 Å². The van der Waals surface area contributed by atoms with Gasteiger partial charge in [-0.1, -0.05) is 6.42 Å². The third-order valence-electron chi connectivity index (χ3n) is 3.07. The van der Waals surface area contributed by atoms with E-state index in [1.54, 1.807) is 11.3 Å². The molecule has 0 spiro atoms. The first-order chi connectivity index (χ1) is 6.77. The molecule has 1 aliphatic carbocycles. The SMILES string of the molecule is Cc1sccc1C1CCCCC(=O)C1. The molecule has 0 radical (unpaired) electrons. The highest BCUT2D eigenvalue weighted by Crippen LogP contribution is 2.33. The van der Waals surface area contributed by atoms with Crippen LogP contribution < -0.4 is 0 Å². The van der Waals surface area contributed by atoms with E-state index in [0.717, 1.165) is 19.3 Å². The van der Waals surface area contributed by atoms with Crippen LogP contribution >= 0.6 is 11.3 Å². The van der Waals surface area contributed by atoms with Gasteiger partial charge in [-0.3, -0.25) is 4.79 Å². The summed E-state index contributed by atoms with van der Waals surface area (Å²) in [6, 6.07) is 2.20. The maximum Gasteiger partial charge on any atom is 0.133 e. The summed E-state index contributed by atoms with van der Waals surface area (Å²) in [5.41, 5.74) is 1.42. The van der Waals surface area contributed by atoms with E-state index in [-0.39, 0.29) is 0 Å². The van der Waals surface area contributed by atoms with Crippen LogP contribution in [0.25, 0.3) is 0 Å². The van der Waals surface area contributed by atoms with Crippen LogP contribution in [0, 0.1) is 6.92 Å². The molecule has 76 valence electrons. The van der Waals surface area contributed by atoms with E-state index >= 15 is 0 Å². The van der Waals surface area contributed by atoms with Crippen molar-refractivity contribution in [2.45, 2.75) is 44.9 Å². The number of hydrogen-bond acceptors (Lipinski definition) is 2. The van der Waals surface area contributed by atoms with Gasteiger partial charge in [-0.2, -0.15) is 0 Å². The van der Waals surface area contributed by atoms with Gasteiger partial charge in [-0.25, -0.2) is 0 Å². The first-order valence-electron chi connectivity index (χ1n) is 5.33. The molecule has 1 nitrogen and oxygen atoms in total. The van der Waals surface area contributed by atoms with Crippen molar-refractivity contribution in [1.29, 1.82) is 0 Å². The van der Waals surface area contributed by atoms with Crippen molar-refractivity contribution in [3.63, 3.8) is 0 Å². The molecule has 1 atom stereocenters. The van der Waals surface area contributed by atoms with E-state index in [4.69, 9.17) is 0 Å². The average molecular weight is 208 g/mol. The summed E-state index contributed by atoms with van der Waals surface area (Å²) >= 11 is 1.79. The average Bonchev–Trinajstić information content (AvgIpc) is 2.45. The fraction of sp³-hybridized carbons (Fsp3) is 0.583. The molecule has 0 aliphatic heterocycles. The van der Waals surface area contributed by atoms with E-state index < -0.39 is 0 Å². The Balaban J connectivity index is 2.17. The smallest absolute Gasteiger partial charge is 0.133 e. The Morgan fingerprint density at radius 2 is 2.29 bits per heavy atom. The zero-order valence-electron chi connectivity index (χ0n) is 8.58. The van der Waals surface area contributed by atoms with Crippen LogP contribution in [0.5, 0.6) is 0 Å². The molecule has 2 heteroatoms. The predicted octanol–water partition coefficient (Wildman–Crippen LogP) is 3.67. The number of carbonyl (C=O) groups is 1. The molecule has 1 aromatic rings. The summed E-state index contributed by atoms with van der Waals surface area (Å²) in [6.45, 7) is 2.16. The zero-order valence-corrected chi connectivity index (χ0v) is 9.40. The summed E-state index contributed by atoms with van der Waals surface area (Å²) in [5, 5.41) is 2.14. The van der Waals surface area contributed by atoms with Gasteiger partial charge in [-0.05, 0) is 42.7 Å². The van der Waals surface area contributed by atoms with Crippen molar-refractivity contribution in [3.05, 3.63) is 21.9 Å². The Bertz CT molecular complexity index is 327. The number of ketones is 1. The number of Topliss-reactive ketones (excluding diaryl/α,β-unsaturated/α-hetero) is 1. The second-order valence-electron chi connectivity index (χ2n) is 4.12. The largest absolute Gasteiger partial charge is 0.300 e. The second kappa shape index (κ2) is 4.26. The summed E-state index contributed by atoms with van der Waals surface area (Å²) in [6.07, 6.45) is 5.09. The maximum absolute atomic E-state index is 11.5. The molecular weight excluding hydrogens is 192 g/mol. The lowest BCUT2D eigenvalue weighted by molar-refractivity contribution is -0.119. The van der Waals surface area contributed by atoms with Crippen molar-refractivity contribution in [2.75, 3.05) is 0 Å². The van der Waals surface area contributed by atoms with Crippen LogP contribution in [-0.2, 0) is 4.79 Å². The van der Waals surface area contributed by atoms with E-state index in [9.17, 15) is 4.79 Å². The van der Waals surface area contributed by atoms with E-state index in [1.165, 1.54) is 23.3 Å². The van der Waals surface area contributed by atoms with E-state index in [1.807, 2.05) is 0 Å². The Morgan fingerprint density at radius 1 is 1.43 bits per heavy atom. The van der Waals surface area contributed by atoms with Gasteiger partial charge in [0.1, 0.15) is 5.78 Å². The minimum atomic E-state index is 0.457. The highest BCUT2D eigenvalue weighted by atomic mass is 32.1. The molecule has 0 aromatic carbocycles. The number of thiophene rings is 1. The highest BCUT2D eigenvalue weighted by molar-refractivity contribution is 7.10. The van der Waals surface area contributed by atoms with Crippen molar-refractivity contribution in [2.24, 2.45) is 0 Å². The second-order valence-corrected chi connectivity index (χ2v) is 5.24. The Labute approximate surface area is 89.1 Å². The minimum absolute atomic E-state index is 0.457. The van der Waals surface area contributed by atoms with E-state index in [0.29, 0.717) is 11.7 Å². The lowest BCUT2D eigenvalue weighted by atomic mass is 9.92. The molecular formula is C12H16OS. The maximum atomic E-state index is 11.5. The molecule has 0 bridgehead atoms. The Hall–Kier alpha value is -0.630. The van der Waals surface area contributed by atoms with Crippen LogP contribution in [0.2, 0.25) is 0 Å². The normalized spacial score (nSPS) is 23.5. The van der Waals surface area contributed by atoms with Gasteiger partial charge in [0.15, 0.2) is 0 Å². The van der Waals surface area contributed by atoms with Gasteiger partial charge in [0.25, 0.3) is 0 Å². The number of rotatable bonds is 1. The lowest BCUT2D eigenvalue weighted by Crippen LogP contribution is -2.03. The monoisotopic (exact) mass is 208 g/mol. The third-order valence-corrected chi connectivity index (χ3v) is 3.93. The standard InChI is InChI=1S/C12H16OS/c1-9-12(6-7-14-9)10-4-2-3-5-11(13)8-10/h6-7,10H,2-5,8H2,1H3. The Morgan fingerprint density at radius 3 is 3.00 bits per heavy atom. The van der Waals surface area contributed by atoms with Crippen molar-refractivity contribution < 1.29 is 4.79 Å². The summed E-state index contributed by atoms with van der Waals surface area (Å²) in [7, 11) is 0. The molecule has 14 heavy (non-hydrogen) atoms. The van der Waals surface area contributed by atoms with Gasteiger partial charge in [0, 0.05) is 17.7 Å². The molecule has 2 rings (SSSR count). The van der Waals surface area contributed by atoms with Crippen LogP contribution in [0.15, 0.2) is 11.4 Å². The molecule has 1 fully saturated rings. The summed E-state index contributed by atoms with van der Waals surface area (Å²) < 4.78 is 0. The zero-order chi connectivity index (χ0) is 9.97. The quantitative estimate of drug-likeness (QED) is 0.643. The number of aryl methyl sites for hydroxylation is 1. The fourth-order valence-electron chi connectivity index (χ4n) is 2.28. The first kappa shape index (κ1) is 9.91. The first-order valence-corrected chi connectivity index (χ1v) is 6.21. The predicted molar refractivity (Wildman–Crippen MR) is 59.9 cm³/mol. The van der Waals surface area contributed by atoms with Gasteiger partial charge in [0.2, 0.25) is 0 Å². The van der Waals surface area contributed by atoms with Crippen molar-refractivity contribution >= 4 is 17.1 Å². The summed E-state index contributed by atoms with van der Waals surface area (Å²) in [5.74, 6) is 0.967. The molecule has 1 unspecified atom stereocenters. The van der Waals surface area contributed by atoms with Gasteiger partial charge in [0.05, 0.1) is 0 Å². The van der Waals surface area contributed by atoms with Crippen LogP contribution in [0.4, 0.5) is 0 Å². The molecule has 1 heterocycles. The van der Waals surface area contributed by atoms with Gasteiger partial charge >= 0.3 is 0 Å². The molecule has 0 amide bonds. The number of hydrogen-bond donors (Lipinski definition) is 0. The third kappa shape index (κ3) is 2.06.